The molecular formula is C12H28Si. The highest BCUT2D eigenvalue weighted by Gasteiger charge is 2.44. The molecule has 0 nitrogen and oxygen atoms in total. The van der Waals surface area contributed by atoms with E-state index in [-0.39, 0.29) is 5.54 Å². The maximum Gasteiger partial charge on any atom is 0.0638 e. The third kappa shape index (κ3) is 2.17. The van der Waals surface area contributed by atoms with Crippen molar-refractivity contribution in [1.82, 2.24) is 0 Å². The molecule has 0 aromatic carbocycles. The van der Waals surface area contributed by atoms with Gasteiger partial charge in [-0.1, -0.05) is 77.5 Å². The Labute approximate surface area is 90.3 Å². The zero-order chi connectivity index (χ0) is 13.6. The topological polar surface area (TPSA) is 0 Å². The van der Waals surface area contributed by atoms with E-state index in [9.17, 15) is 0 Å². The van der Waals surface area contributed by atoms with Crippen molar-refractivity contribution in [1.29, 1.82) is 0 Å². The molecular weight excluding hydrogens is 172 g/mol. The number of hydrogen-bond donors (Lipinski definition) is 0. The molecule has 0 amide bonds. The molecule has 0 bridgehead atoms. The molecule has 0 N–H and O–H groups in total. The van der Waals surface area contributed by atoms with E-state index in [1.807, 2.05) is 41.5 Å². The van der Waals surface area contributed by atoms with Gasteiger partial charge in [0.25, 0.3) is 0 Å². The van der Waals surface area contributed by atoms with Crippen LogP contribution in [0.3, 0.4) is 0 Å². The summed E-state index contributed by atoms with van der Waals surface area (Å²) in [6.45, 7) is 15.6. The first kappa shape index (κ1) is 8.52. The first-order valence-electron chi connectivity index (χ1n) is 6.69. The predicted molar refractivity (Wildman–Crippen MR) is 66.1 cm³/mol. The van der Waals surface area contributed by atoms with E-state index >= 15 is 0 Å². The fourth-order valence-electron chi connectivity index (χ4n) is 3.23. The van der Waals surface area contributed by atoms with Crippen LogP contribution in [0.15, 0.2) is 0 Å². The Morgan fingerprint density at radius 2 is 0.923 bits per heavy atom. The Kier molecular flexibility index (Phi) is 3.04. The second-order valence-electron chi connectivity index (χ2n) is 4.96. The first-order valence-corrected chi connectivity index (χ1v) is 7.27. The summed E-state index contributed by atoms with van der Waals surface area (Å²) in [5, 5.41) is 0. The zero-order valence-electron chi connectivity index (χ0n) is 13.6. The standard InChI is InChI=1S/C12H28Si/c1-9(2)13(10(3)4,11(5)6)12(7)8/h9-12H,1-8H3/i9D,10D,11D. The highest BCUT2D eigenvalue weighted by molar-refractivity contribution is 6.84. The molecule has 0 spiro atoms. The zero-order valence-corrected chi connectivity index (χ0v) is 11.6. The molecule has 0 atom stereocenters. The van der Waals surface area contributed by atoms with Gasteiger partial charge in [-0.25, -0.2) is 0 Å². The molecule has 0 unspecified atom stereocenters. The van der Waals surface area contributed by atoms with E-state index in [4.69, 9.17) is 4.11 Å². The van der Waals surface area contributed by atoms with E-state index in [1.54, 1.807) is 0 Å². The lowest BCUT2D eigenvalue weighted by Crippen LogP contribution is -2.47. The van der Waals surface area contributed by atoms with Crippen molar-refractivity contribution in [3.63, 3.8) is 0 Å². The fourth-order valence-corrected chi connectivity index (χ4v) is 9.70. The van der Waals surface area contributed by atoms with Crippen molar-refractivity contribution in [3.8, 4) is 0 Å². The average Bonchev–Trinajstić information content (AvgIpc) is 1.71. The summed E-state index contributed by atoms with van der Waals surface area (Å²) < 4.78 is 25.5. The third-order valence-electron chi connectivity index (χ3n) is 3.23. The minimum absolute atomic E-state index is 0.250. The van der Waals surface area contributed by atoms with Crippen LogP contribution in [0, 0.1) is 0 Å². The monoisotopic (exact) mass is 203 g/mol. The fraction of sp³-hybridized carbons (Fsp3) is 1.00. The predicted octanol–water partition coefficient (Wildman–Crippen LogP) is 5.08. The maximum absolute atomic E-state index is 8.50. The molecule has 1 heteroatoms. The van der Waals surface area contributed by atoms with Gasteiger partial charge in [0.15, 0.2) is 0 Å². The lowest BCUT2D eigenvalue weighted by atomic mass is 10.5. The van der Waals surface area contributed by atoms with Gasteiger partial charge in [-0.05, 0) is 0 Å². The number of hydrogen-bond acceptors (Lipinski definition) is 0. The van der Waals surface area contributed by atoms with Crippen LogP contribution in [-0.2, 0) is 0 Å². The van der Waals surface area contributed by atoms with E-state index in [0.29, 0.717) is 0 Å². The largest absolute Gasteiger partial charge is 0.0651 e. The van der Waals surface area contributed by atoms with Gasteiger partial charge in [-0.2, -0.15) is 0 Å². The molecule has 0 saturated carbocycles. The molecule has 0 heterocycles. The van der Waals surface area contributed by atoms with Gasteiger partial charge in [-0.15, -0.1) is 0 Å². The van der Waals surface area contributed by atoms with Gasteiger partial charge in [0.1, 0.15) is 0 Å². The highest BCUT2D eigenvalue weighted by Crippen LogP contribution is 2.48. The van der Waals surface area contributed by atoms with E-state index < -0.39 is 24.6 Å². The Bertz CT molecular complexity index is 204. The van der Waals surface area contributed by atoms with Gasteiger partial charge in [0, 0.05) is 4.11 Å². The minimum Gasteiger partial charge on any atom is -0.0651 e. The Morgan fingerprint density at radius 1 is 0.692 bits per heavy atom. The molecule has 0 rings (SSSR count). The van der Waals surface area contributed by atoms with Crippen LogP contribution in [0.5, 0.6) is 0 Å². The van der Waals surface area contributed by atoms with Crippen molar-refractivity contribution >= 4 is 8.07 Å². The molecule has 0 aliphatic carbocycles. The molecule has 0 fully saturated rings. The summed E-state index contributed by atoms with van der Waals surface area (Å²) in [5.41, 5.74) is -1.80. The molecule has 0 aliphatic rings. The Hall–Kier alpha value is 0.217. The van der Waals surface area contributed by atoms with Crippen LogP contribution in [-0.4, -0.2) is 8.07 Å². The SMILES string of the molecule is [2H]C(C)(C)[Si](C(C)C)(C([2H])(C)C)C([2H])(C)C. The van der Waals surface area contributed by atoms with Crippen LogP contribution in [0.4, 0.5) is 0 Å². The summed E-state index contributed by atoms with van der Waals surface area (Å²) >= 11 is 0. The lowest BCUT2D eigenvalue weighted by Gasteiger charge is -2.46. The summed E-state index contributed by atoms with van der Waals surface area (Å²) in [5.74, 6) is 0. The van der Waals surface area contributed by atoms with Crippen molar-refractivity contribution in [2.75, 3.05) is 0 Å². The van der Waals surface area contributed by atoms with Crippen LogP contribution in [0.25, 0.3) is 0 Å². The smallest absolute Gasteiger partial charge is 0.0638 e. The molecule has 0 saturated heterocycles. The molecule has 13 heavy (non-hydrogen) atoms. The first-order chi connectivity index (χ1) is 6.69. The summed E-state index contributed by atoms with van der Waals surface area (Å²) in [6, 6.07) is 0. The summed E-state index contributed by atoms with van der Waals surface area (Å²) in [6.07, 6.45) is 0. The van der Waals surface area contributed by atoms with Gasteiger partial charge in [0.2, 0.25) is 0 Å². The van der Waals surface area contributed by atoms with Crippen molar-refractivity contribution in [3.05, 3.63) is 0 Å². The van der Waals surface area contributed by atoms with Crippen LogP contribution in [0.1, 0.15) is 59.5 Å². The molecule has 0 aliphatic heterocycles. The van der Waals surface area contributed by atoms with Crippen molar-refractivity contribution in [2.24, 2.45) is 0 Å². The van der Waals surface area contributed by atoms with E-state index in [1.165, 1.54) is 0 Å². The molecule has 0 aromatic heterocycles. The Morgan fingerprint density at radius 3 is 0.923 bits per heavy atom. The lowest BCUT2D eigenvalue weighted by molar-refractivity contribution is 0.753. The van der Waals surface area contributed by atoms with E-state index in [0.717, 1.165) is 0 Å². The molecule has 0 aromatic rings. The van der Waals surface area contributed by atoms with Crippen LogP contribution >= 0.6 is 0 Å². The quantitative estimate of drug-likeness (QED) is 0.559. The Balaban J connectivity index is 6.05. The summed E-state index contributed by atoms with van der Waals surface area (Å²) in [4.78, 5) is 0. The van der Waals surface area contributed by atoms with Crippen LogP contribution in [0.2, 0.25) is 22.1 Å². The summed E-state index contributed by atoms with van der Waals surface area (Å²) in [7, 11) is -2.48. The minimum atomic E-state index is -2.48. The second-order valence-corrected chi connectivity index (χ2v) is 10.7. The van der Waals surface area contributed by atoms with Gasteiger partial charge < -0.3 is 0 Å². The second kappa shape index (κ2) is 4.63. The normalized spacial score (nSPS) is 19.6. The van der Waals surface area contributed by atoms with Gasteiger partial charge >= 0.3 is 0 Å². The number of rotatable bonds is 4. The third-order valence-corrected chi connectivity index (χ3v) is 9.70. The maximum atomic E-state index is 8.50. The highest BCUT2D eigenvalue weighted by atomic mass is 28.3. The van der Waals surface area contributed by atoms with Crippen LogP contribution < -0.4 is 0 Å². The van der Waals surface area contributed by atoms with Gasteiger partial charge in [0.05, 0.1) is 8.07 Å². The van der Waals surface area contributed by atoms with Crippen molar-refractivity contribution in [2.45, 2.75) is 77.5 Å². The molecule has 0 radical (unpaired) electrons. The van der Waals surface area contributed by atoms with Gasteiger partial charge in [-0.3, -0.25) is 0 Å². The van der Waals surface area contributed by atoms with E-state index in [2.05, 4.69) is 13.8 Å². The average molecular weight is 203 g/mol. The van der Waals surface area contributed by atoms with Crippen molar-refractivity contribution < 1.29 is 4.11 Å². The molecule has 80 valence electrons.